The van der Waals surface area contributed by atoms with Gasteiger partial charge in [0.15, 0.2) is 0 Å². The van der Waals surface area contributed by atoms with Gasteiger partial charge in [-0.2, -0.15) is 0 Å². The Bertz CT molecular complexity index is 865. The summed E-state index contributed by atoms with van der Waals surface area (Å²) in [5.74, 6) is -0.376. The second-order valence-electron chi connectivity index (χ2n) is 5.81. The van der Waals surface area contributed by atoms with Crippen LogP contribution in [0.4, 0.5) is 11.4 Å². The lowest BCUT2D eigenvalue weighted by Gasteiger charge is -2.13. The molecule has 0 radical (unpaired) electrons. The van der Waals surface area contributed by atoms with E-state index < -0.39 is 10.0 Å². The maximum atomic E-state index is 12.4. The van der Waals surface area contributed by atoms with Crippen molar-refractivity contribution >= 4 is 38.9 Å². The number of benzene rings is 2. The van der Waals surface area contributed by atoms with Gasteiger partial charge in [0.2, 0.25) is 10.0 Å². The predicted molar refractivity (Wildman–Crippen MR) is 102 cm³/mol. The molecule has 8 heteroatoms. The Labute approximate surface area is 152 Å². The van der Waals surface area contributed by atoms with Crippen molar-refractivity contribution in [2.45, 2.75) is 6.54 Å². The van der Waals surface area contributed by atoms with Crippen molar-refractivity contribution in [2.75, 3.05) is 30.0 Å². The van der Waals surface area contributed by atoms with Gasteiger partial charge in [-0.3, -0.25) is 9.52 Å². The first-order valence-electron chi connectivity index (χ1n) is 7.47. The lowest BCUT2D eigenvalue weighted by Crippen LogP contribution is -2.23. The minimum absolute atomic E-state index is 0.209. The van der Waals surface area contributed by atoms with Gasteiger partial charge in [-0.25, -0.2) is 8.42 Å². The number of carbonyl (C=O) groups excluding carboxylic acids is 1. The number of amides is 1. The van der Waals surface area contributed by atoms with Gasteiger partial charge in [-0.05, 0) is 35.9 Å². The van der Waals surface area contributed by atoms with Gasteiger partial charge in [0.05, 0.1) is 16.8 Å². The van der Waals surface area contributed by atoms with Crippen LogP contribution in [0.5, 0.6) is 0 Å². The topological polar surface area (TPSA) is 78.5 Å². The number of nitrogens with one attached hydrogen (secondary N) is 2. The molecular formula is C17H20ClN3O3S. The van der Waals surface area contributed by atoms with Crippen molar-refractivity contribution in [2.24, 2.45) is 0 Å². The van der Waals surface area contributed by atoms with Gasteiger partial charge >= 0.3 is 0 Å². The second-order valence-corrected chi connectivity index (χ2v) is 7.97. The number of hydrogen-bond donors (Lipinski definition) is 2. The number of rotatable bonds is 6. The number of hydrogen-bond acceptors (Lipinski definition) is 4. The van der Waals surface area contributed by atoms with Crippen LogP contribution in [0.3, 0.4) is 0 Å². The third kappa shape index (κ3) is 5.65. The molecular weight excluding hydrogens is 362 g/mol. The van der Waals surface area contributed by atoms with E-state index >= 15 is 0 Å². The SMILES string of the molecule is CN(C)c1ccc(CNC(=O)c2cc(NS(C)(=O)=O)ccc2Cl)cc1. The smallest absolute Gasteiger partial charge is 0.253 e. The molecule has 0 aromatic heterocycles. The first-order valence-corrected chi connectivity index (χ1v) is 9.74. The molecule has 0 bridgehead atoms. The molecule has 1 amide bonds. The van der Waals surface area contributed by atoms with E-state index in [-0.39, 0.29) is 22.2 Å². The zero-order valence-corrected chi connectivity index (χ0v) is 15.8. The molecule has 0 spiro atoms. The lowest BCUT2D eigenvalue weighted by molar-refractivity contribution is 0.0951. The fourth-order valence-electron chi connectivity index (χ4n) is 2.17. The molecule has 0 aliphatic carbocycles. The predicted octanol–water partition coefficient (Wildman–Crippen LogP) is 2.71. The van der Waals surface area contributed by atoms with Gasteiger partial charge in [-0.15, -0.1) is 0 Å². The fourth-order valence-corrected chi connectivity index (χ4v) is 2.92. The third-order valence-electron chi connectivity index (χ3n) is 3.42. The molecule has 2 rings (SSSR count). The molecule has 2 N–H and O–H groups in total. The van der Waals surface area contributed by atoms with Crippen LogP contribution < -0.4 is 14.9 Å². The molecule has 0 unspecified atom stereocenters. The average molecular weight is 382 g/mol. The molecule has 2 aromatic rings. The van der Waals surface area contributed by atoms with E-state index in [1.165, 1.54) is 18.2 Å². The summed E-state index contributed by atoms with van der Waals surface area (Å²) in [6.45, 7) is 0.340. The van der Waals surface area contributed by atoms with Gasteiger partial charge in [-0.1, -0.05) is 23.7 Å². The van der Waals surface area contributed by atoms with E-state index in [2.05, 4.69) is 10.0 Å². The standard InChI is InChI=1S/C17H20ClN3O3S/c1-21(2)14-7-4-12(5-8-14)11-19-17(22)15-10-13(6-9-16(15)18)20-25(3,23)24/h4-10,20H,11H2,1-3H3,(H,19,22). The minimum Gasteiger partial charge on any atom is -0.378 e. The van der Waals surface area contributed by atoms with E-state index in [9.17, 15) is 13.2 Å². The quantitative estimate of drug-likeness (QED) is 0.806. The summed E-state index contributed by atoms with van der Waals surface area (Å²) in [7, 11) is 0.482. The summed E-state index contributed by atoms with van der Waals surface area (Å²) in [6, 6.07) is 12.2. The molecule has 25 heavy (non-hydrogen) atoms. The highest BCUT2D eigenvalue weighted by Gasteiger charge is 2.12. The zero-order chi connectivity index (χ0) is 18.6. The summed E-state index contributed by atoms with van der Waals surface area (Å²) in [5.41, 5.74) is 2.51. The molecule has 0 aliphatic heterocycles. The maximum Gasteiger partial charge on any atom is 0.253 e. The molecule has 0 saturated carbocycles. The first kappa shape index (κ1) is 19.1. The van der Waals surface area contributed by atoms with Crippen molar-refractivity contribution in [3.8, 4) is 0 Å². The van der Waals surface area contributed by atoms with E-state index in [4.69, 9.17) is 11.6 Å². The van der Waals surface area contributed by atoms with Crippen LogP contribution in [0.15, 0.2) is 42.5 Å². The van der Waals surface area contributed by atoms with Crippen LogP contribution >= 0.6 is 11.6 Å². The Morgan fingerprint density at radius 1 is 1.12 bits per heavy atom. The van der Waals surface area contributed by atoms with Crippen LogP contribution in [-0.4, -0.2) is 34.7 Å². The van der Waals surface area contributed by atoms with Crippen LogP contribution in [0.2, 0.25) is 5.02 Å². The zero-order valence-electron chi connectivity index (χ0n) is 14.2. The maximum absolute atomic E-state index is 12.4. The molecule has 0 atom stereocenters. The van der Waals surface area contributed by atoms with E-state index in [0.717, 1.165) is 17.5 Å². The van der Waals surface area contributed by atoms with Crippen LogP contribution in [0.1, 0.15) is 15.9 Å². The van der Waals surface area contributed by atoms with Crippen molar-refractivity contribution in [3.63, 3.8) is 0 Å². The molecule has 134 valence electrons. The third-order valence-corrected chi connectivity index (χ3v) is 4.36. The Hall–Kier alpha value is -2.25. The van der Waals surface area contributed by atoms with Crippen molar-refractivity contribution in [1.82, 2.24) is 5.32 Å². The highest BCUT2D eigenvalue weighted by molar-refractivity contribution is 7.92. The highest BCUT2D eigenvalue weighted by Crippen LogP contribution is 2.21. The number of sulfonamides is 1. The first-order chi connectivity index (χ1) is 11.7. The number of halogens is 1. The summed E-state index contributed by atoms with van der Waals surface area (Å²) >= 11 is 6.06. The second kappa shape index (κ2) is 7.76. The number of carbonyl (C=O) groups is 1. The van der Waals surface area contributed by atoms with Gasteiger partial charge in [0.1, 0.15) is 0 Å². The monoisotopic (exact) mass is 381 g/mol. The Morgan fingerprint density at radius 2 is 1.76 bits per heavy atom. The van der Waals surface area contributed by atoms with E-state index in [1.807, 2.05) is 43.3 Å². The fraction of sp³-hybridized carbons (Fsp3) is 0.235. The minimum atomic E-state index is -3.43. The number of nitrogens with zero attached hydrogens (tertiary/aromatic N) is 1. The molecule has 2 aromatic carbocycles. The van der Waals surface area contributed by atoms with Gasteiger partial charge in [0, 0.05) is 32.0 Å². The molecule has 0 fully saturated rings. The summed E-state index contributed by atoms with van der Waals surface area (Å²) in [6.07, 6.45) is 1.04. The lowest BCUT2D eigenvalue weighted by atomic mass is 10.1. The van der Waals surface area contributed by atoms with E-state index in [0.29, 0.717) is 6.54 Å². The largest absolute Gasteiger partial charge is 0.378 e. The normalized spacial score (nSPS) is 11.0. The Kier molecular flexibility index (Phi) is 5.92. The molecule has 0 aliphatic rings. The highest BCUT2D eigenvalue weighted by atomic mass is 35.5. The number of anilines is 2. The molecule has 0 saturated heterocycles. The van der Waals surface area contributed by atoms with Crippen molar-refractivity contribution in [3.05, 3.63) is 58.6 Å². The van der Waals surface area contributed by atoms with E-state index in [1.54, 1.807) is 0 Å². The van der Waals surface area contributed by atoms with Gasteiger partial charge in [0.25, 0.3) is 5.91 Å². The van der Waals surface area contributed by atoms with Crippen LogP contribution in [-0.2, 0) is 16.6 Å². The molecule has 0 heterocycles. The van der Waals surface area contributed by atoms with Crippen molar-refractivity contribution < 1.29 is 13.2 Å². The Balaban J connectivity index is 2.08. The van der Waals surface area contributed by atoms with Crippen LogP contribution in [0, 0.1) is 0 Å². The summed E-state index contributed by atoms with van der Waals surface area (Å²) in [5, 5.41) is 3.03. The van der Waals surface area contributed by atoms with Crippen molar-refractivity contribution in [1.29, 1.82) is 0 Å². The molecule has 6 nitrogen and oxygen atoms in total. The summed E-state index contributed by atoms with van der Waals surface area (Å²) < 4.78 is 24.9. The Morgan fingerprint density at radius 3 is 2.32 bits per heavy atom. The average Bonchev–Trinajstić information content (AvgIpc) is 2.53. The van der Waals surface area contributed by atoms with Crippen LogP contribution in [0.25, 0.3) is 0 Å². The summed E-state index contributed by atoms with van der Waals surface area (Å²) in [4.78, 5) is 14.3. The van der Waals surface area contributed by atoms with Gasteiger partial charge < -0.3 is 10.2 Å².